The first-order valence-electron chi connectivity index (χ1n) is 9.26. The van der Waals surface area contributed by atoms with Gasteiger partial charge in [0.1, 0.15) is 17.4 Å². The number of alkyl halides is 3. The van der Waals surface area contributed by atoms with E-state index in [4.69, 9.17) is 0 Å². The molecule has 0 radical (unpaired) electrons. The topological polar surface area (TPSA) is 12.5 Å². The van der Waals surface area contributed by atoms with Crippen molar-refractivity contribution < 1.29 is 26.7 Å². The molecule has 0 aromatic heterocycles. The molecule has 0 N–H and O–H groups in total. The lowest BCUT2D eigenvalue weighted by Gasteiger charge is -2.34. The van der Waals surface area contributed by atoms with Crippen LogP contribution in [0.15, 0.2) is 66.4 Å². The van der Waals surface area contributed by atoms with Gasteiger partial charge in [-0.3, -0.25) is 0 Å². The highest BCUT2D eigenvalue weighted by Gasteiger charge is 2.31. The van der Waals surface area contributed by atoms with E-state index in [1.807, 2.05) is 44.2 Å². The number of hydrogen-bond donors (Lipinski definition) is 0. The Bertz CT molecular complexity index is 999. The van der Waals surface area contributed by atoms with E-state index < -0.39 is 30.2 Å². The van der Waals surface area contributed by atoms with E-state index in [1.54, 1.807) is 11.0 Å². The highest BCUT2D eigenvalue weighted by Crippen LogP contribution is 2.41. The predicted molar refractivity (Wildman–Crippen MR) is 106 cm³/mol. The SMILES string of the molecule is C=C1C(C)=CC(c2ccccc2)=C(c2c(F)cc(OCC(F)(F)F)cc2F)N1CC. The number of allylic oxidation sites excluding steroid dienone is 3. The molecule has 0 saturated carbocycles. The maximum Gasteiger partial charge on any atom is 0.422 e. The van der Waals surface area contributed by atoms with Gasteiger partial charge >= 0.3 is 6.18 Å². The molecule has 1 aliphatic rings. The lowest BCUT2D eigenvalue weighted by molar-refractivity contribution is -0.153. The van der Waals surface area contributed by atoms with Crippen LogP contribution in [0.4, 0.5) is 22.0 Å². The summed E-state index contributed by atoms with van der Waals surface area (Å²) in [6.07, 6.45) is -2.82. The van der Waals surface area contributed by atoms with E-state index in [2.05, 4.69) is 11.3 Å². The first kappa shape index (κ1) is 21.6. The van der Waals surface area contributed by atoms with Gasteiger partial charge in [0.25, 0.3) is 0 Å². The van der Waals surface area contributed by atoms with E-state index >= 15 is 8.78 Å². The summed E-state index contributed by atoms with van der Waals surface area (Å²) in [6.45, 7) is 6.44. The molecule has 0 amide bonds. The summed E-state index contributed by atoms with van der Waals surface area (Å²) in [5, 5.41) is 0. The van der Waals surface area contributed by atoms with Crippen molar-refractivity contribution >= 4 is 11.3 Å². The van der Waals surface area contributed by atoms with Crippen molar-refractivity contribution in [2.45, 2.75) is 20.0 Å². The standard InChI is InChI=1S/C23H20F5NO/c1-4-29-15(3)14(2)10-18(16-8-6-5-7-9-16)22(29)21-19(24)11-17(12-20(21)25)30-13-23(26,27)28/h5-12H,3-4,13H2,1-2H3. The van der Waals surface area contributed by atoms with Crippen LogP contribution in [0.1, 0.15) is 25.0 Å². The zero-order valence-corrected chi connectivity index (χ0v) is 16.5. The summed E-state index contributed by atoms with van der Waals surface area (Å²) in [5.74, 6) is -2.57. The summed E-state index contributed by atoms with van der Waals surface area (Å²) in [4.78, 5) is 1.69. The Morgan fingerprint density at radius 1 is 1.03 bits per heavy atom. The van der Waals surface area contributed by atoms with Crippen molar-refractivity contribution in [3.63, 3.8) is 0 Å². The van der Waals surface area contributed by atoms with Crippen LogP contribution >= 0.6 is 0 Å². The summed E-state index contributed by atoms with van der Waals surface area (Å²) in [6, 6.07) is 10.6. The van der Waals surface area contributed by atoms with Crippen LogP contribution in [-0.4, -0.2) is 24.2 Å². The van der Waals surface area contributed by atoms with Crippen molar-refractivity contribution in [1.82, 2.24) is 4.90 Å². The van der Waals surface area contributed by atoms with Gasteiger partial charge in [-0.15, -0.1) is 0 Å². The van der Waals surface area contributed by atoms with Crippen LogP contribution < -0.4 is 4.74 Å². The van der Waals surface area contributed by atoms with Crippen LogP contribution in [0.3, 0.4) is 0 Å². The molecule has 0 fully saturated rings. The second-order valence-electron chi connectivity index (χ2n) is 6.81. The zero-order chi connectivity index (χ0) is 22.1. The third kappa shape index (κ3) is 4.40. The minimum Gasteiger partial charge on any atom is -0.484 e. The van der Waals surface area contributed by atoms with Crippen LogP contribution in [0, 0.1) is 11.6 Å². The summed E-state index contributed by atoms with van der Waals surface area (Å²) < 4.78 is 71.7. The maximum atomic E-state index is 15.0. The van der Waals surface area contributed by atoms with Crippen molar-refractivity contribution in [3.8, 4) is 5.75 Å². The van der Waals surface area contributed by atoms with Gasteiger partial charge < -0.3 is 9.64 Å². The second-order valence-corrected chi connectivity index (χ2v) is 6.81. The Balaban J connectivity index is 2.19. The number of hydrogen-bond acceptors (Lipinski definition) is 2. The number of ether oxygens (including phenoxy) is 1. The molecule has 0 atom stereocenters. The Kier molecular flexibility index (Phi) is 6.01. The van der Waals surface area contributed by atoms with Gasteiger partial charge in [0, 0.05) is 29.9 Å². The molecule has 0 saturated heterocycles. The van der Waals surface area contributed by atoms with E-state index in [-0.39, 0.29) is 11.3 Å². The monoisotopic (exact) mass is 421 g/mol. The van der Waals surface area contributed by atoms with Gasteiger partial charge in [-0.2, -0.15) is 13.2 Å². The smallest absolute Gasteiger partial charge is 0.422 e. The van der Waals surface area contributed by atoms with Gasteiger partial charge in [-0.25, -0.2) is 8.78 Å². The van der Waals surface area contributed by atoms with E-state index in [9.17, 15) is 13.2 Å². The Morgan fingerprint density at radius 3 is 2.17 bits per heavy atom. The lowest BCUT2D eigenvalue weighted by atomic mass is 9.91. The fourth-order valence-corrected chi connectivity index (χ4v) is 3.34. The summed E-state index contributed by atoms with van der Waals surface area (Å²) in [7, 11) is 0. The van der Waals surface area contributed by atoms with Gasteiger partial charge in [0.2, 0.25) is 0 Å². The zero-order valence-electron chi connectivity index (χ0n) is 16.5. The van der Waals surface area contributed by atoms with Gasteiger partial charge in [0.15, 0.2) is 6.61 Å². The molecule has 2 aromatic carbocycles. The van der Waals surface area contributed by atoms with Crippen molar-refractivity contribution in [1.29, 1.82) is 0 Å². The van der Waals surface area contributed by atoms with E-state index in [1.165, 1.54) is 0 Å². The molecule has 2 nitrogen and oxygen atoms in total. The molecule has 1 aliphatic heterocycles. The number of halogens is 5. The number of likely N-dealkylation sites (N-methyl/N-ethyl adjacent to an activating group) is 1. The van der Waals surface area contributed by atoms with Crippen LogP contribution in [0.2, 0.25) is 0 Å². The Labute approximate surface area is 171 Å². The van der Waals surface area contributed by atoms with Crippen molar-refractivity contribution in [2.75, 3.05) is 13.2 Å². The molecule has 0 unspecified atom stereocenters. The molecule has 0 spiro atoms. The van der Waals surface area contributed by atoms with Gasteiger partial charge in [0.05, 0.1) is 11.3 Å². The molecule has 0 bridgehead atoms. The number of nitrogens with zero attached hydrogens (tertiary/aromatic N) is 1. The Hall–Kier alpha value is -3.09. The predicted octanol–water partition coefficient (Wildman–Crippen LogP) is 6.57. The molecular weight excluding hydrogens is 401 g/mol. The first-order valence-corrected chi connectivity index (χ1v) is 9.26. The summed E-state index contributed by atoms with van der Waals surface area (Å²) >= 11 is 0. The molecule has 2 aromatic rings. The average molecular weight is 421 g/mol. The molecule has 1 heterocycles. The number of rotatable bonds is 5. The molecular formula is C23H20F5NO. The number of benzene rings is 2. The van der Waals surface area contributed by atoms with Crippen molar-refractivity contribution in [3.05, 3.63) is 89.2 Å². The minimum atomic E-state index is -4.61. The fraction of sp³-hybridized carbons (Fsp3) is 0.217. The quantitative estimate of drug-likeness (QED) is 0.507. The second kappa shape index (κ2) is 8.34. The molecule has 158 valence electrons. The van der Waals surface area contributed by atoms with E-state index in [0.29, 0.717) is 17.8 Å². The van der Waals surface area contributed by atoms with Crippen LogP contribution in [0.5, 0.6) is 5.75 Å². The lowest BCUT2D eigenvalue weighted by Crippen LogP contribution is -2.26. The Morgan fingerprint density at radius 2 is 1.63 bits per heavy atom. The third-order valence-electron chi connectivity index (χ3n) is 4.72. The third-order valence-corrected chi connectivity index (χ3v) is 4.72. The maximum absolute atomic E-state index is 15.0. The average Bonchev–Trinajstić information content (AvgIpc) is 2.68. The fourth-order valence-electron chi connectivity index (χ4n) is 3.34. The van der Waals surface area contributed by atoms with E-state index in [0.717, 1.165) is 23.3 Å². The highest BCUT2D eigenvalue weighted by atomic mass is 19.4. The van der Waals surface area contributed by atoms with Gasteiger partial charge in [-0.1, -0.05) is 36.9 Å². The summed E-state index contributed by atoms with van der Waals surface area (Å²) in [5.41, 5.74) is 2.67. The first-order chi connectivity index (χ1) is 14.1. The van der Waals surface area contributed by atoms with Gasteiger partial charge in [-0.05, 0) is 31.1 Å². The minimum absolute atomic E-state index is 0.261. The molecule has 7 heteroatoms. The largest absolute Gasteiger partial charge is 0.484 e. The van der Waals surface area contributed by atoms with Crippen LogP contribution in [0.25, 0.3) is 11.3 Å². The molecule has 3 rings (SSSR count). The highest BCUT2D eigenvalue weighted by molar-refractivity contribution is 5.98. The van der Waals surface area contributed by atoms with Crippen molar-refractivity contribution in [2.24, 2.45) is 0 Å². The van der Waals surface area contributed by atoms with Crippen LogP contribution in [-0.2, 0) is 0 Å². The molecule has 30 heavy (non-hydrogen) atoms. The normalized spacial score (nSPS) is 14.8. The molecule has 0 aliphatic carbocycles.